The Labute approximate surface area is 154 Å². The van der Waals surface area contributed by atoms with Crippen LogP contribution in [-0.2, 0) is 9.89 Å². The maximum Gasteiger partial charge on any atom is 0.433 e. The molecular formula is C21H21N2O2P. The predicted octanol–water partition coefficient (Wildman–Crippen LogP) is 5.09. The van der Waals surface area contributed by atoms with Gasteiger partial charge in [0.1, 0.15) is 0 Å². The van der Waals surface area contributed by atoms with E-state index in [4.69, 9.17) is 9.84 Å². The molecule has 0 bridgehead atoms. The molecule has 4 nitrogen and oxygen atoms in total. The minimum absolute atomic E-state index is 0.0161. The highest BCUT2D eigenvalue weighted by Gasteiger charge is 2.86. The van der Waals surface area contributed by atoms with Crippen LogP contribution in [0.1, 0.15) is 37.3 Å². The summed E-state index contributed by atoms with van der Waals surface area (Å²) < 4.78 is 7.05. The van der Waals surface area contributed by atoms with E-state index in [-0.39, 0.29) is 16.4 Å². The third-order valence-electron chi connectivity index (χ3n) is 5.88. The lowest BCUT2D eigenvalue weighted by Gasteiger charge is -2.26. The molecule has 5 heteroatoms. The number of amides is 1. The van der Waals surface area contributed by atoms with Gasteiger partial charge in [0.2, 0.25) is 0 Å². The molecule has 1 saturated heterocycles. The van der Waals surface area contributed by atoms with Crippen LogP contribution in [0.15, 0.2) is 65.8 Å². The zero-order valence-corrected chi connectivity index (χ0v) is 15.7. The van der Waals surface area contributed by atoms with Crippen molar-refractivity contribution in [1.82, 2.24) is 4.78 Å². The molecule has 1 amide bonds. The van der Waals surface area contributed by atoms with Crippen molar-refractivity contribution in [2.24, 2.45) is 5.10 Å². The molecule has 5 rings (SSSR count). The van der Waals surface area contributed by atoms with Crippen LogP contribution in [0, 0.1) is 0 Å². The van der Waals surface area contributed by atoms with Gasteiger partial charge < -0.3 is 4.74 Å². The summed E-state index contributed by atoms with van der Waals surface area (Å²) in [7, 11) is -0.819. The van der Waals surface area contributed by atoms with Gasteiger partial charge >= 0.3 is 6.09 Å². The molecule has 2 atom stereocenters. The number of hydrogen-bond donors (Lipinski definition) is 0. The van der Waals surface area contributed by atoms with Gasteiger partial charge in [0.25, 0.3) is 0 Å². The first-order valence-corrected chi connectivity index (χ1v) is 10.5. The van der Waals surface area contributed by atoms with Crippen molar-refractivity contribution in [2.45, 2.75) is 36.5 Å². The van der Waals surface area contributed by atoms with E-state index in [1.165, 1.54) is 16.8 Å². The largest absolute Gasteiger partial charge is 0.448 e. The van der Waals surface area contributed by atoms with Crippen LogP contribution in [-0.4, -0.2) is 28.3 Å². The van der Waals surface area contributed by atoms with Crippen molar-refractivity contribution in [3.05, 3.63) is 71.8 Å². The van der Waals surface area contributed by atoms with E-state index >= 15 is 0 Å². The maximum absolute atomic E-state index is 12.7. The van der Waals surface area contributed by atoms with Gasteiger partial charge in [-0.25, -0.2) is 4.79 Å². The van der Waals surface area contributed by atoms with E-state index in [9.17, 15) is 4.79 Å². The van der Waals surface area contributed by atoms with E-state index in [0.29, 0.717) is 6.61 Å². The van der Waals surface area contributed by atoms with Gasteiger partial charge in [-0.15, -0.1) is 0 Å². The SMILES string of the molecule is CCOC(=O)N1N=C2CCCC23P1C3(c1ccccc1)c1ccccc1. The third kappa shape index (κ3) is 1.78. The zero-order valence-electron chi connectivity index (χ0n) is 14.8. The number of rotatable bonds is 3. The average Bonchev–Trinajstić information content (AvgIpc) is 2.92. The lowest BCUT2D eigenvalue weighted by atomic mass is 9.79. The molecule has 2 unspecified atom stereocenters. The molecule has 1 aliphatic carbocycles. The molecule has 0 N–H and O–H groups in total. The van der Waals surface area contributed by atoms with E-state index in [1.807, 2.05) is 6.92 Å². The molecular weight excluding hydrogens is 343 g/mol. The second-order valence-electron chi connectivity index (χ2n) is 7.00. The predicted molar refractivity (Wildman–Crippen MR) is 103 cm³/mol. The first-order chi connectivity index (χ1) is 12.8. The van der Waals surface area contributed by atoms with Crippen LogP contribution in [0.4, 0.5) is 4.79 Å². The number of hydrazone groups is 1. The van der Waals surface area contributed by atoms with Crippen molar-refractivity contribution < 1.29 is 9.53 Å². The van der Waals surface area contributed by atoms with E-state index in [1.54, 1.807) is 4.78 Å². The van der Waals surface area contributed by atoms with Crippen LogP contribution in [0.5, 0.6) is 0 Å². The lowest BCUT2D eigenvalue weighted by molar-refractivity contribution is 0.133. The molecule has 2 fully saturated rings. The summed E-state index contributed by atoms with van der Waals surface area (Å²) in [6.45, 7) is 2.22. The number of nitrogens with zero attached hydrogens (tertiary/aromatic N) is 2. The molecule has 2 aromatic rings. The van der Waals surface area contributed by atoms with Gasteiger partial charge in [-0.05, 0) is 37.3 Å². The molecule has 1 spiro atoms. The summed E-state index contributed by atoms with van der Waals surface area (Å²) in [5.74, 6) is 0. The summed E-state index contributed by atoms with van der Waals surface area (Å²) >= 11 is 0. The van der Waals surface area contributed by atoms with Crippen LogP contribution in [0.25, 0.3) is 0 Å². The topological polar surface area (TPSA) is 41.9 Å². The number of benzene rings is 2. The van der Waals surface area contributed by atoms with Crippen LogP contribution < -0.4 is 0 Å². The Morgan fingerprint density at radius 3 is 2.31 bits per heavy atom. The zero-order chi connectivity index (χ0) is 17.8. The summed E-state index contributed by atoms with van der Waals surface area (Å²) in [6, 6.07) is 21.3. The molecule has 2 aliphatic heterocycles. The van der Waals surface area contributed by atoms with Gasteiger partial charge in [-0.2, -0.15) is 9.88 Å². The monoisotopic (exact) mass is 364 g/mol. The fourth-order valence-corrected chi connectivity index (χ4v) is 9.02. The van der Waals surface area contributed by atoms with Crippen molar-refractivity contribution in [3.8, 4) is 0 Å². The van der Waals surface area contributed by atoms with Gasteiger partial charge in [0.15, 0.2) is 0 Å². The Bertz CT molecular complexity index is 844. The Kier molecular flexibility index (Phi) is 3.48. The van der Waals surface area contributed by atoms with Crippen molar-refractivity contribution in [2.75, 3.05) is 6.61 Å². The molecule has 26 heavy (non-hydrogen) atoms. The number of carbonyl (C=O) groups is 1. The summed E-state index contributed by atoms with van der Waals surface area (Å²) in [5, 5.41) is 4.56. The Morgan fingerprint density at radius 1 is 1.12 bits per heavy atom. The smallest absolute Gasteiger partial charge is 0.433 e. The fraction of sp³-hybridized carbons (Fsp3) is 0.333. The lowest BCUT2D eigenvalue weighted by Crippen LogP contribution is -2.31. The minimum atomic E-state index is -0.819. The standard InChI is InChI=1S/C21H21N2O2P/c1-2-25-19(24)23-22-18-14-9-15-20(18)21(26(20)23,16-10-5-3-6-11-16)17-12-7-4-8-13-17/h3-8,10-13H,2,9,14-15H2,1H3. The highest BCUT2D eigenvalue weighted by molar-refractivity contribution is 7.70. The summed E-state index contributed by atoms with van der Waals surface area (Å²) in [4.78, 5) is 12.7. The quantitative estimate of drug-likeness (QED) is 0.712. The summed E-state index contributed by atoms with van der Waals surface area (Å²) in [5.41, 5.74) is 3.78. The Hall–Kier alpha value is -2.19. The second kappa shape index (κ2) is 5.65. The molecule has 3 aliphatic rings. The normalized spacial score (nSPS) is 27.5. The molecule has 2 aromatic carbocycles. The average molecular weight is 364 g/mol. The second-order valence-corrected chi connectivity index (χ2v) is 9.44. The Balaban J connectivity index is 1.72. The Morgan fingerprint density at radius 2 is 1.73 bits per heavy atom. The van der Waals surface area contributed by atoms with Gasteiger partial charge in [0, 0.05) is 0 Å². The van der Waals surface area contributed by atoms with Crippen molar-refractivity contribution in [1.29, 1.82) is 0 Å². The van der Waals surface area contributed by atoms with Crippen LogP contribution in [0.2, 0.25) is 0 Å². The van der Waals surface area contributed by atoms with E-state index in [2.05, 4.69) is 60.7 Å². The van der Waals surface area contributed by atoms with E-state index < -0.39 is 8.07 Å². The van der Waals surface area contributed by atoms with Crippen LogP contribution >= 0.6 is 8.07 Å². The summed E-state index contributed by atoms with van der Waals surface area (Å²) in [6.07, 6.45) is 2.93. The van der Waals surface area contributed by atoms with Gasteiger partial charge in [-0.3, -0.25) is 0 Å². The van der Waals surface area contributed by atoms with E-state index in [0.717, 1.165) is 19.3 Å². The number of ether oxygens (including phenoxy) is 1. The fourth-order valence-electron chi connectivity index (χ4n) is 5.02. The molecule has 132 valence electrons. The van der Waals surface area contributed by atoms with Crippen LogP contribution in [0.3, 0.4) is 0 Å². The number of hydrogen-bond acceptors (Lipinski definition) is 3. The highest BCUT2D eigenvalue weighted by atomic mass is 31.1. The maximum atomic E-state index is 12.7. The molecule has 0 aromatic heterocycles. The van der Waals surface area contributed by atoms with Crippen molar-refractivity contribution >= 4 is 19.9 Å². The molecule has 2 heterocycles. The molecule has 1 saturated carbocycles. The van der Waals surface area contributed by atoms with Gasteiger partial charge in [-0.1, -0.05) is 60.7 Å². The third-order valence-corrected chi connectivity index (χ3v) is 9.36. The first-order valence-electron chi connectivity index (χ1n) is 9.23. The van der Waals surface area contributed by atoms with Crippen molar-refractivity contribution in [3.63, 3.8) is 0 Å². The first kappa shape index (κ1) is 16.0. The van der Waals surface area contributed by atoms with Gasteiger partial charge in [0.05, 0.1) is 30.7 Å². The highest BCUT2D eigenvalue weighted by Crippen LogP contribution is 2.96. The minimum Gasteiger partial charge on any atom is -0.448 e. The molecule has 0 radical (unpaired) electrons. The number of carbonyl (C=O) groups excluding carboxylic acids is 1.